The Morgan fingerprint density at radius 3 is 2.29 bits per heavy atom. The predicted octanol–water partition coefficient (Wildman–Crippen LogP) is 1.04. The molecule has 0 fully saturated rings. The van der Waals surface area contributed by atoms with Gasteiger partial charge in [-0.05, 0) is 37.6 Å². The third-order valence-corrected chi connectivity index (χ3v) is 3.52. The monoisotopic (exact) mass is 329 g/mol. The smallest absolute Gasteiger partial charge is 0.268 e. The second-order valence-corrected chi connectivity index (χ2v) is 5.47. The maximum atomic E-state index is 12.2. The average molecular weight is 329 g/mol. The minimum Gasteiger partial charge on any atom is -0.391 e. The van der Waals surface area contributed by atoms with Gasteiger partial charge in [0.1, 0.15) is 6.04 Å². The Bertz CT molecular complexity index is 712. The summed E-state index contributed by atoms with van der Waals surface area (Å²) in [4.78, 5) is 27.9. The van der Waals surface area contributed by atoms with E-state index in [-0.39, 0.29) is 0 Å². The molecule has 2 amide bonds. The normalized spacial score (nSPS) is 13.0. The number of carbonyl (C=O) groups is 2. The molecule has 0 spiro atoms. The number of carbonyl (C=O) groups excluding carboxylic acids is 2. The Kier molecular flexibility index (Phi) is 5.62. The number of aromatic nitrogens is 1. The molecule has 2 aromatic rings. The van der Waals surface area contributed by atoms with Gasteiger partial charge < -0.3 is 10.4 Å². The topological polar surface area (TPSA) is 112 Å². The van der Waals surface area contributed by atoms with E-state index in [1.165, 1.54) is 12.4 Å². The molecule has 0 saturated heterocycles. The summed E-state index contributed by atoms with van der Waals surface area (Å²) in [6, 6.07) is 9.28. The first-order chi connectivity index (χ1) is 11.4. The maximum absolute atomic E-state index is 12.2. The second kappa shape index (κ2) is 7.67. The highest BCUT2D eigenvalue weighted by Crippen LogP contribution is 2.17. The molecule has 0 aliphatic rings. The van der Waals surface area contributed by atoms with Crippen molar-refractivity contribution in [2.24, 2.45) is 0 Å². The van der Waals surface area contributed by atoms with Gasteiger partial charge in [0.25, 0.3) is 11.8 Å². The summed E-state index contributed by atoms with van der Waals surface area (Å²) in [7, 11) is 0. The third kappa shape index (κ3) is 4.15. The number of nitrogens with zero attached hydrogens (tertiary/aromatic N) is 1. The molecule has 1 aromatic carbocycles. The summed E-state index contributed by atoms with van der Waals surface area (Å²) < 4.78 is 0. The Morgan fingerprint density at radius 1 is 1.12 bits per heavy atom. The van der Waals surface area contributed by atoms with Crippen molar-refractivity contribution in [1.82, 2.24) is 15.8 Å². The van der Waals surface area contributed by atoms with Gasteiger partial charge in [-0.15, -0.1) is 0 Å². The molecule has 0 aliphatic heterocycles. The Labute approximate surface area is 139 Å². The lowest BCUT2D eigenvalue weighted by molar-refractivity contribution is -0.133. The molecule has 0 aliphatic carbocycles. The van der Waals surface area contributed by atoms with Gasteiger partial charge in [0.05, 0.1) is 11.8 Å². The number of hydrogen-bond donors (Lipinski definition) is 4. The maximum Gasteiger partial charge on any atom is 0.268 e. The van der Waals surface area contributed by atoms with Gasteiger partial charge in [0.15, 0.2) is 0 Å². The Morgan fingerprint density at radius 2 is 1.79 bits per heavy atom. The number of aryl methyl sites for hydroxylation is 1. The summed E-state index contributed by atoms with van der Waals surface area (Å²) in [6.45, 7) is 3.29. The number of hydroxylamine groups is 1. The number of pyridine rings is 1. The summed E-state index contributed by atoms with van der Waals surface area (Å²) in [5.74, 6) is -1.42. The Balaban J connectivity index is 2.13. The zero-order valence-corrected chi connectivity index (χ0v) is 13.4. The molecule has 1 heterocycles. The van der Waals surface area contributed by atoms with Crippen LogP contribution in [0.3, 0.4) is 0 Å². The van der Waals surface area contributed by atoms with Gasteiger partial charge in [-0.25, -0.2) is 5.48 Å². The van der Waals surface area contributed by atoms with Crippen LogP contribution in [0.25, 0.3) is 11.3 Å². The van der Waals surface area contributed by atoms with Crippen molar-refractivity contribution < 1.29 is 19.9 Å². The highest BCUT2D eigenvalue weighted by atomic mass is 16.5. The molecule has 2 atom stereocenters. The average Bonchev–Trinajstić information content (AvgIpc) is 2.59. The van der Waals surface area contributed by atoms with Gasteiger partial charge in [0, 0.05) is 17.3 Å². The van der Waals surface area contributed by atoms with Gasteiger partial charge in [-0.1, -0.05) is 18.2 Å². The lowest BCUT2D eigenvalue weighted by Crippen LogP contribution is -2.51. The zero-order chi connectivity index (χ0) is 17.7. The van der Waals surface area contributed by atoms with E-state index in [1.807, 2.05) is 19.1 Å². The molecule has 126 valence electrons. The molecule has 0 unspecified atom stereocenters. The summed E-state index contributed by atoms with van der Waals surface area (Å²) >= 11 is 0. The summed E-state index contributed by atoms with van der Waals surface area (Å²) in [5, 5.41) is 20.6. The van der Waals surface area contributed by atoms with Gasteiger partial charge in [-0.3, -0.25) is 19.8 Å². The fourth-order valence-corrected chi connectivity index (χ4v) is 2.13. The molecule has 2 rings (SSSR count). The van der Waals surface area contributed by atoms with Crippen LogP contribution >= 0.6 is 0 Å². The second-order valence-electron chi connectivity index (χ2n) is 5.47. The molecular weight excluding hydrogens is 310 g/mol. The molecule has 1 aromatic heterocycles. The van der Waals surface area contributed by atoms with Crippen LogP contribution < -0.4 is 10.8 Å². The number of rotatable bonds is 5. The first kappa shape index (κ1) is 17.6. The van der Waals surface area contributed by atoms with Crippen molar-refractivity contribution in [3.05, 3.63) is 53.7 Å². The highest BCUT2D eigenvalue weighted by molar-refractivity contribution is 5.97. The fraction of sp³-hybridized carbons (Fsp3) is 0.235. The van der Waals surface area contributed by atoms with Crippen LogP contribution in [0, 0.1) is 6.92 Å². The van der Waals surface area contributed by atoms with E-state index in [0.29, 0.717) is 5.56 Å². The van der Waals surface area contributed by atoms with Crippen molar-refractivity contribution in [2.45, 2.75) is 26.0 Å². The largest absolute Gasteiger partial charge is 0.391 e. The van der Waals surface area contributed by atoms with E-state index in [2.05, 4.69) is 10.3 Å². The first-order valence-corrected chi connectivity index (χ1v) is 7.38. The molecule has 7 heteroatoms. The number of hydrogen-bond acceptors (Lipinski definition) is 5. The SMILES string of the molecule is Cc1ccc(-c2ccc(C(=O)N[C@H](C(=O)NO)[C@@H](C)O)cc2)nc1. The summed E-state index contributed by atoms with van der Waals surface area (Å²) in [5.41, 5.74) is 4.43. The van der Waals surface area contributed by atoms with Gasteiger partial charge in [-0.2, -0.15) is 0 Å². The quantitative estimate of drug-likeness (QED) is 0.484. The number of nitrogens with one attached hydrogen (secondary N) is 2. The number of benzene rings is 1. The third-order valence-electron chi connectivity index (χ3n) is 3.52. The molecular formula is C17H19N3O4. The molecule has 0 saturated carbocycles. The van der Waals surface area contributed by atoms with Crippen molar-refractivity contribution in [1.29, 1.82) is 0 Å². The molecule has 4 N–H and O–H groups in total. The Hall–Kier alpha value is -2.77. The van der Waals surface area contributed by atoms with E-state index in [0.717, 1.165) is 16.8 Å². The standard InChI is InChI=1S/C17H19N3O4/c1-10-3-8-14(18-9-10)12-4-6-13(7-5-12)16(22)19-15(11(2)21)17(23)20-24/h3-9,11,15,21,24H,1-2H3,(H,19,22)(H,20,23)/t11-,15+/m1/s1. The van der Waals surface area contributed by atoms with Crippen molar-refractivity contribution in [3.63, 3.8) is 0 Å². The van der Waals surface area contributed by atoms with Crippen molar-refractivity contribution in [2.75, 3.05) is 0 Å². The van der Waals surface area contributed by atoms with Crippen LogP contribution in [0.2, 0.25) is 0 Å². The van der Waals surface area contributed by atoms with E-state index in [4.69, 9.17) is 5.21 Å². The summed E-state index contributed by atoms with van der Waals surface area (Å²) in [6.07, 6.45) is 0.605. The van der Waals surface area contributed by atoms with Crippen LogP contribution in [-0.4, -0.2) is 39.3 Å². The lowest BCUT2D eigenvalue weighted by Gasteiger charge is -2.19. The van der Waals surface area contributed by atoms with E-state index >= 15 is 0 Å². The highest BCUT2D eigenvalue weighted by Gasteiger charge is 2.25. The molecule has 24 heavy (non-hydrogen) atoms. The molecule has 0 bridgehead atoms. The zero-order valence-electron chi connectivity index (χ0n) is 13.4. The van der Waals surface area contributed by atoms with E-state index in [9.17, 15) is 14.7 Å². The minimum absolute atomic E-state index is 0.322. The fourth-order valence-electron chi connectivity index (χ4n) is 2.13. The van der Waals surface area contributed by atoms with Crippen molar-refractivity contribution >= 4 is 11.8 Å². The molecule has 7 nitrogen and oxygen atoms in total. The van der Waals surface area contributed by atoms with E-state index in [1.54, 1.807) is 30.5 Å². The van der Waals surface area contributed by atoms with Crippen LogP contribution in [0.5, 0.6) is 0 Å². The number of amides is 2. The lowest BCUT2D eigenvalue weighted by atomic mass is 10.1. The predicted molar refractivity (Wildman–Crippen MR) is 87.3 cm³/mol. The number of aliphatic hydroxyl groups excluding tert-OH is 1. The van der Waals surface area contributed by atoms with Gasteiger partial charge >= 0.3 is 0 Å². The first-order valence-electron chi connectivity index (χ1n) is 7.38. The number of aliphatic hydroxyl groups is 1. The van der Waals surface area contributed by atoms with Crippen LogP contribution in [0.1, 0.15) is 22.8 Å². The van der Waals surface area contributed by atoms with Gasteiger partial charge in [0.2, 0.25) is 0 Å². The van der Waals surface area contributed by atoms with Crippen LogP contribution in [0.15, 0.2) is 42.6 Å². The van der Waals surface area contributed by atoms with Crippen LogP contribution in [-0.2, 0) is 4.79 Å². The van der Waals surface area contributed by atoms with E-state index < -0.39 is 24.0 Å². The van der Waals surface area contributed by atoms with Crippen molar-refractivity contribution in [3.8, 4) is 11.3 Å². The minimum atomic E-state index is -1.25. The molecule has 0 radical (unpaired) electrons. The van der Waals surface area contributed by atoms with Crippen LogP contribution in [0.4, 0.5) is 0 Å².